The Kier molecular flexibility index (Phi) is 9.98. The lowest BCUT2D eigenvalue weighted by molar-refractivity contribution is 0.620. The molecule has 0 radical (unpaired) electrons. The van der Waals surface area contributed by atoms with E-state index in [1.807, 2.05) is 17.2 Å². The normalized spacial score (nSPS) is 13.8. The summed E-state index contributed by atoms with van der Waals surface area (Å²) in [5, 5.41) is 15.0. The van der Waals surface area contributed by atoms with E-state index >= 15 is 0 Å². The zero-order valence-corrected chi connectivity index (χ0v) is 33.7. The lowest BCUT2D eigenvalue weighted by Crippen LogP contribution is -2.31. The molecule has 9 rings (SSSR count). The molecule has 0 amide bonds. The van der Waals surface area contributed by atoms with E-state index in [9.17, 15) is 0 Å². The molecule has 3 aromatic carbocycles. The number of rotatable bonds is 8. The van der Waals surface area contributed by atoms with Crippen LogP contribution in [0.2, 0.25) is 0 Å². The van der Waals surface area contributed by atoms with Gasteiger partial charge < -0.3 is 14.7 Å². The molecule has 4 heterocycles. The Balaban J connectivity index is 0.000000164. The Morgan fingerprint density at radius 1 is 0.764 bits per heavy atom. The van der Waals surface area contributed by atoms with Gasteiger partial charge in [-0.2, -0.15) is 10.2 Å². The SMILES string of the molecule is CN(C)c1cccc(-n2nc(-c3cscn3)c3c2CCC=C3)c1.CN(C)c1cccc(C2(c3cccc(N(C)C)c3)C=Cc3c(-c4cncs4)n[nH]c3C2)c1. The van der Waals surface area contributed by atoms with Gasteiger partial charge in [0, 0.05) is 99.6 Å². The Labute approximate surface area is 331 Å². The topological polar surface area (TPSA) is 82.0 Å². The summed E-state index contributed by atoms with van der Waals surface area (Å²) in [5.41, 5.74) is 18.4. The maximum Gasteiger partial charge on any atom is 0.119 e. The van der Waals surface area contributed by atoms with Gasteiger partial charge in [0.1, 0.15) is 17.1 Å². The molecule has 9 nitrogen and oxygen atoms in total. The first-order chi connectivity index (χ1) is 26.7. The first-order valence-electron chi connectivity index (χ1n) is 18.4. The number of anilines is 3. The second-order valence-corrected chi connectivity index (χ2v) is 16.2. The van der Waals surface area contributed by atoms with Crippen molar-refractivity contribution in [1.29, 1.82) is 0 Å². The first-order valence-corrected chi connectivity index (χ1v) is 20.2. The average Bonchev–Trinajstić information content (AvgIpc) is 4.05. The van der Waals surface area contributed by atoms with Crippen LogP contribution in [0.15, 0.2) is 108 Å². The maximum atomic E-state index is 4.90. The van der Waals surface area contributed by atoms with Crippen LogP contribution in [0.4, 0.5) is 17.1 Å². The van der Waals surface area contributed by atoms with Gasteiger partial charge in [-0.05, 0) is 66.4 Å². The predicted molar refractivity (Wildman–Crippen MR) is 231 cm³/mol. The summed E-state index contributed by atoms with van der Waals surface area (Å²) in [6.07, 6.45) is 13.8. The summed E-state index contributed by atoms with van der Waals surface area (Å²) in [5.74, 6) is 0. The lowest BCUT2D eigenvalue weighted by atomic mass is 9.68. The fourth-order valence-electron chi connectivity index (χ4n) is 7.41. The van der Waals surface area contributed by atoms with Crippen molar-refractivity contribution in [2.24, 2.45) is 0 Å². The second-order valence-electron chi connectivity index (χ2n) is 14.6. The standard InChI is InChI=1S/C26H27N5S.C18H18N4S/c1-30(2)20-9-5-7-18(13-20)26(19-8-6-10-21(14-19)31(3)4)12-11-22-23(15-26)28-29-25(22)24-16-27-17-32-24;1-21(2)13-6-5-7-14(10-13)22-17-9-4-3-8-15(17)18(20-22)16-11-23-12-19-16/h5-14,16-17H,15H2,1-4H3,(H,28,29);3,5-8,10-12H,4,9H2,1-2H3. The number of aromatic amines is 1. The summed E-state index contributed by atoms with van der Waals surface area (Å²) in [6.45, 7) is 0. The summed E-state index contributed by atoms with van der Waals surface area (Å²) >= 11 is 3.22. The molecule has 0 aliphatic heterocycles. The Morgan fingerprint density at radius 3 is 2.09 bits per heavy atom. The fourth-order valence-corrected chi connectivity index (χ4v) is 8.57. The number of allylic oxidation sites excluding steroid dienone is 2. The highest BCUT2D eigenvalue weighted by molar-refractivity contribution is 7.13. The molecule has 0 saturated carbocycles. The average molecular weight is 764 g/mol. The van der Waals surface area contributed by atoms with Crippen LogP contribution < -0.4 is 14.7 Å². The van der Waals surface area contributed by atoms with Crippen LogP contribution in [-0.4, -0.2) is 72.2 Å². The number of nitrogens with one attached hydrogen (secondary N) is 1. The van der Waals surface area contributed by atoms with Crippen molar-refractivity contribution in [3.8, 4) is 27.6 Å². The summed E-state index contributed by atoms with van der Waals surface area (Å²) < 4.78 is 2.08. The third-order valence-corrected chi connectivity index (χ3v) is 11.8. The van der Waals surface area contributed by atoms with Crippen LogP contribution in [-0.2, 0) is 18.3 Å². The highest BCUT2D eigenvalue weighted by atomic mass is 32.1. The number of nitrogens with zero attached hydrogens (tertiary/aromatic N) is 8. The van der Waals surface area contributed by atoms with Gasteiger partial charge >= 0.3 is 0 Å². The molecule has 0 fully saturated rings. The number of thiazole rings is 2. The monoisotopic (exact) mass is 763 g/mol. The summed E-state index contributed by atoms with van der Waals surface area (Å²) in [6, 6.07) is 26.2. The zero-order valence-electron chi connectivity index (χ0n) is 32.1. The molecule has 7 aromatic rings. The van der Waals surface area contributed by atoms with Crippen molar-refractivity contribution in [1.82, 2.24) is 29.9 Å². The van der Waals surface area contributed by atoms with Gasteiger partial charge in [0.25, 0.3) is 0 Å². The molecule has 0 atom stereocenters. The maximum absolute atomic E-state index is 4.90. The van der Waals surface area contributed by atoms with Gasteiger partial charge in [0.15, 0.2) is 0 Å². The largest absolute Gasteiger partial charge is 0.378 e. The number of aromatic nitrogens is 6. The van der Waals surface area contributed by atoms with Gasteiger partial charge in [0.05, 0.1) is 27.3 Å². The third-order valence-electron chi connectivity index (χ3n) is 10.4. The van der Waals surface area contributed by atoms with E-state index in [0.717, 1.165) is 58.2 Å². The minimum atomic E-state index is -0.289. The van der Waals surface area contributed by atoms with E-state index in [2.05, 4.69) is 184 Å². The summed E-state index contributed by atoms with van der Waals surface area (Å²) in [4.78, 5) is 16.2. The van der Waals surface area contributed by atoms with Crippen molar-refractivity contribution in [3.05, 3.63) is 141 Å². The van der Waals surface area contributed by atoms with Crippen molar-refractivity contribution in [2.45, 2.75) is 24.7 Å². The van der Waals surface area contributed by atoms with Gasteiger partial charge in [-0.1, -0.05) is 54.6 Å². The van der Waals surface area contributed by atoms with Crippen molar-refractivity contribution >= 4 is 51.9 Å². The minimum Gasteiger partial charge on any atom is -0.378 e. The summed E-state index contributed by atoms with van der Waals surface area (Å²) in [7, 11) is 12.5. The molecule has 55 heavy (non-hydrogen) atoms. The van der Waals surface area contributed by atoms with Crippen LogP contribution in [0.1, 0.15) is 40.1 Å². The highest BCUT2D eigenvalue weighted by Crippen LogP contribution is 2.45. The van der Waals surface area contributed by atoms with E-state index in [-0.39, 0.29) is 5.41 Å². The molecule has 0 unspecified atom stereocenters. The number of hydrogen-bond donors (Lipinski definition) is 1. The van der Waals surface area contributed by atoms with Gasteiger partial charge in [0.2, 0.25) is 0 Å². The van der Waals surface area contributed by atoms with Crippen molar-refractivity contribution in [3.63, 3.8) is 0 Å². The molecular formula is C44H45N9S2. The molecule has 1 N–H and O–H groups in total. The van der Waals surface area contributed by atoms with E-state index in [1.54, 1.807) is 22.7 Å². The zero-order chi connectivity index (χ0) is 38.1. The van der Waals surface area contributed by atoms with Gasteiger partial charge in [-0.25, -0.2) is 9.67 Å². The van der Waals surface area contributed by atoms with E-state index in [1.165, 1.54) is 39.4 Å². The van der Waals surface area contributed by atoms with E-state index in [0.29, 0.717) is 0 Å². The molecule has 2 aliphatic carbocycles. The van der Waals surface area contributed by atoms with Crippen molar-refractivity contribution < 1.29 is 0 Å². The Morgan fingerprint density at radius 2 is 1.45 bits per heavy atom. The number of hydrogen-bond acceptors (Lipinski definition) is 9. The number of H-pyrrole nitrogens is 1. The molecule has 0 saturated heterocycles. The van der Waals surface area contributed by atoms with Crippen LogP contribution in [0.5, 0.6) is 0 Å². The quantitative estimate of drug-likeness (QED) is 0.165. The molecule has 11 heteroatoms. The van der Waals surface area contributed by atoms with E-state index in [4.69, 9.17) is 5.10 Å². The number of fused-ring (bicyclic) bond motifs is 2. The predicted octanol–water partition coefficient (Wildman–Crippen LogP) is 9.24. The van der Waals surface area contributed by atoms with Crippen LogP contribution in [0.3, 0.4) is 0 Å². The lowest BCUT2D eigenvalue weighted by Gasteiger charge is -2.35. The second kappa shape index (κ2) is 15.2. The smallest absolute Gasteiger partial charge is 0.119 e. The molecular weight excluding hydrogens is 719 g/mol. The molecule has 2 aliphatic rings. The first kappa shape index (κ1) is 36.2. The third kappa shape index (κ3) is 7.01. The van der Waals surface area contributed by atoms with Crippen LogP contribution in [0.25, 0.3) is 39.8 Å². The molecule has 4 aromatic heterocycles. The van der Waals surface area contributed by atoms with Gasteiger partial charge in [-0.3, -0.25) is 10.1 Å². The minimum absolute atomic E-state index is 0.289. The molecule has 0 bridgehead atoms. The van der Waals surface area contributed by atoms with Crippen molar-refractivity contribution in [2.75, 3.05) is 57.0 Å². The Bertz CT molecular complexity index is 2410. The highest BCUT2D eigenvalue weighted by Gasteiger charge is 2.37. The van der Waals surface area contributed by atoms with Crippen LogP contribution in [0, 0.1) is 0 Å². The molecule has 278 valence electrons. The number of benzene rings is 3. The van der Waals surface area contributed by atoms with Gasteiger partial charge in [-0.15, -0.1) is 22.7 Å². The Hall–Kier alpha value is -5.78. The fraction of sp³-hybridized carbons (Fsp3) is 0.227. The van der Waals surface area contributed by atoms with E-state index < -0.39 is 0 Å². The molecule has 0 spiro atoms. The van der Waals surface area contributed by atoms with Crippen LogP contribution >= 0.6 is 22.7 Å².